The molecule has 0 saturated carbocycles. The SMILES string of the molecule is CCc1ncnc(N[C@@H](C)COc2ccc([N+](=O)[O-])cn2)c1Cl. The smallest absolute Gasteiger partial charge is 0.287 e. The number of hydrogen-bond donors (Lipinski definition) is 1. The molecular formula is C14H16ClN5O3. The lowest BCUT2D eigenvalue weighted by Crippen LogP contribution is -2.24. The second-order valence-corrected chi connectivity index (χ2v) is 5.18. The fourth-order valence-electron chi connectivity index (χ4n) is 1.80. The first-order valence-corrected chi connectivity index (χ1v) is 7.38. The Labute approximate surface area is 138 Å². The molecule has 0 amide bonds. The molecule has 0 aliphatic carbocycles. The van der Waals surface area contributed by atoms with Gasteiger partial charge in [-0.25, -0.2) is 15.0 Å². The average molecular weight is 338 g/mol. The zero-order valence-electron chi connectivity index (χ0n) is 12.7. The summed E-state index contributed by atoms with van der Waals surface area (Å²) in [6, 6.07) is 2.71. The van der Waals surface area contributed by atoms with Crippen LogP contribution in [-0.2, 0) is 6.42 Å². The highest BCUT2D eigenvalue weighted by molar-refractivity contribution is 6.33. The molecule has 2 aromatic heterocycles. The molecule has 0 radical (unpaired) electrons. The molecule has 0 aliphatic heterocycles. The van der Waals surface area contributed by atoms with E-state index < -0.39 is 4.92 Å². The van der Waals surface area contributed by atoms with E-state index in [0.717, 1.165) is 11.9 Å². The normalized spacial score (nSPS) is 11.8. The van der Waals surface area contributed by atoms with Crippen molar-refractivity contribution in [2.75, 3.05) is 11.9 Å². The number of nitrogens with one attached hydrogen (secondary N) is 1. The second-order valence-electron chi connectivity index (χ2n) is 4.80. The monoisotopic (exact) mass is 337 g/mol. The van der Waals surface area contributed by atoms with Crippen molar-refractivity contribution in [2.24, 2.45) is 0 Å². The molecular weight excluding hydrogens is 322 g/mol. The summed E-state index contributed by atoms with van der Waals surface area (Å²) in [5.74, 6) is 0.860. The quantitative estimate of drug-likeness (QED) is 0.612. The van der Waals surface area contributed by atoms with Crippen molar-refractivity contribution in [3.8, 4) is 5.88 Å². The van der Waals surface area contributed by atoms with Gasteiger partial charge in [-0.3, -0.25) is 10.1 Å². The van der Waals surface area contributed by atoms with Gasteiger partial charge in [-0.05, 0) is 13.3 Å². The molecule has 2 rings (SSSR count). The maximum Gasteiger partial charge on any atom is 0.287 e. The number of nitro groups is 1. The Morgan fingerprint density at radius 1 is 1.39 bits per heavy atom. The number of nitrogens with zero attached hydrogens (tertiary/aromatic N) is 4. The predicted octanol–water partition coefficient (Wildman–Crippen LogP) is 2.88. The van der Waals surface area contributed by atoms with Crippen LogP contribution < -0.4 is 10.1 Å². The molecule has 0 saturated heterocycles. The number of ether oxygens (including phenoxy) is 1. The molecule has 9 heteroatoms. The minimum atomic E-state index is -0.511. The topological polar surface area (TPSA) is 103 Å². The van der Waals surface area contributed by atoms with E-state index in [1.165, 1.54) is 18.5 Å². The molecule has 0 unspecified atom stereocenters. The van der Waals surface area contributed by atoms with Crippen LogP contribution in [0.2, 0.25) is 5.02 Å². The molecule has 8 nitrogen and oxygen atoms in total. The van der Waals surface area contributed by atoms with Gasteiger partial charge in [-0.15, -0.1) is 0 Å². The Hall–Kier alpha value is -2.48. The van der Waals surface area contributed by atoms with Gasteiger partial charge < -0.3 is 10.1 Å². The largest absolute Gasteiger partial charge is 0.475 e. The molecule has 122 valence electrons. The van der Waals surface area contributed by atoms with E-state index in [1.807, 2.05) is 13.8 Å². The van der Waals surface area contributed by atoms with Crippen LogP contribution in [0.25, 0.3) is 0 Å². The third kappa shape index (κ3) is 4.49. The molecule has 1 N–H and O–H groups in total. The van der Waals surface area contributed by atoms with Crippen molar-refractivity contribution in [1.82, 2.24) is 15.0 Å². The first-order valence-electron chi connectivity index (χ1n) is 7.00. The molecule has 0 aliphatic rings. The van der Waals surface area contributed by atoms with E-state index >= 15 is 0 Å². The lowest BCUT2D eigenvalue weighted by Gasteiger charge is -2.16. The molecule has 2 aromatic rings. The minimum absolute atomic E-state index is 0.0802. The summed E-state index contributed by atoms with van der Waals surface area (Å²) in [4.78, 5) is 22.1. The Kier molecular flexibility index (Phi) is 5.64. The van der Waals surface area contributed by atoms with Gasteiger partial charge in [-0.1, -0.05) is 18.5 Å². The number of anilines is 1. The number of aryl methyl sites for hydroxylation is 1. The zero-order valence-corrected chi connectivity index (χ0v) is 13.4. The highest BCUT2D eigenvalue weighted by Crippen LogP contribution is 2.22. The lowest BCUT2D eigenvalue weighted by atomic mass is 10.3. The lowest BCUT2D eigenvalue weighted by molar-refractivity contribution is -0.385. The van der Waals surface area contributed by atoms with Crippen LogP contribution >= 0.6 is 11.6 Å². The van der Waals surface area contributed by atoms with Crippen molar-refractivity contribution in [3.05, 3.63) is 45.5 Å². The van der Waals surface area contributed by atoms with Gasteiger partial charge in [0.1, 0.15) is 30.0 Å². The third-order valence-electron chi connectivity index (χ3n) is 2.99. The summed E-state index contributed by atoms with van der Waals surface area (Å²) in [6.07, 6.45) is 3.33. The fraction of sp³-hybridized carbons (Fsp3) is 0.357. The van der Waals surface area contributed by atoms with Crippen LogP contribution in [0, 0.1) is 10.1 Å². The summed E-state index contributed by atoms with van der Waals surface area (Å²) >= 11 is 6.21. The van der Waals surface area contributed by atoms with Gasteiger partial charge in [0.25, 0.3) is 5.69 Å². The van der Waals surface area contributed by atoms with Crippen molar-refractivity contribution < 1.29 is 9.66 Å². The standard InChI is InChI=1S/C14H16ClN5O3/c1-3-11-13(15)14(18-8-17-11)19-9(2)7-23-12-5-4-10(6-16-12)20(21)22/h4-6,8-9H,3,7H2,1-2H3,(H,17,18,19)/t9-/m0/s1. The molecule has 0 fully saturated rings. The molecule has 0 spiro atoms. The van der Waals surface area contributed by atoms with Gasteiger partial charge >= 0.3 is 0 Å². The van der Waals surface area contributed by atoms with E-state index in [2.05, 4.69) is 20.3 Å². The maximum absolute atomic E-state index is 10.6. The summed E-state index contributed by atoms with van der Waals surface area (Å²) in [7, 11) is 0. The Morgan fingerprint density at radius 3 is 2.78 bits per heavy atom. The molecule has 2 heterocycles. The third-order valence-corrected chi connectivity index (χ3v) is 3.39. The van der Waals surface area contributed by atoms with Crippen molar-refractivity contribution in [1.29, 1.82) is 0 Å². The van der Waals surface area contributed by atoms with Gasteiger partial charge in [0.05, 0.1) is 16.7 Å². The Bertz CT molecular complexity index is 681. The van der Waals surface area contributed by atoms with E-state index in [-0.39, 0.29) is 11.7 Å². The summed E-state index contributed by atoms with van der Waals surface area (Å²) in [6.45, 7) is 4.16. The van der Waals surface area contributed by atoms with Crippen molar-refractivity contribution >= 4 is 23.1 Å². The van der Waals surface area contributed by atoms with Crippen molar-refractivity contribution in [2.45, 2.75) is 26.3 Å². The highest BCUT2D eigenvalue weighted by atomic mass is 35.5. The van der Waals surface area contributed by atoms with Crippen LogP contribution in [0.4, 0.5) is 11.5 Å². The average Bonchev–Trinajstić information content (AvgIpc) is 2.55. The van der Waals surface area contributed by atoms with Crippen LogP contribution in [-0.4, -0.2) is 32.5 Å². The van der Waals surface area contributed by atoms with Gasteiger partial charge in [0.2, 0.25) is 5.88 Å². The number of halogens is 1. The second kappa shape index (κ2) is 7.68. The molecule has 23 heavy (non-hydrogen) atoms. The van der Waals surface area contributed by atoms with Crippen LogP contribution in [0.1, 0.15) is 19.5 Å². The van der Waals surface area contributed by atoms with E-state index in [9.17, 15) is 10.1 Å². The number of pyridine rings is 1. The molecule has 0 aromatic carbocycles. The predicted molar refractivity (Wildman–Crippen MR) is 85.9 cm³/mol. The minimum Gasteiger partial charge on any atom is -0.475 e. The Morgan fingerprint density at radius 2 is 2.17 bits per heavy atom. The number of rotatable bonds is 7. The molecule has 0 bridgehead atoms. The Balaban J connectivity index is 1.92. The summed E-state index contributed by atoms with van der Waals surface area (Å²) in [5.41, 5.74) is 0.692. The van der Waals surface area contributed by atoms with E-state index in [1.54, 1.807) is 0 Å². The fourth-order valence-corrected chi connectivity index (χ4v) is 2.09. The first-order chi connectivity index (χ1) is 11.0. The summed E-state index contributed by atoms with van der Waals surface area (Å²) < 4.78 is 5.49. The van der Waals surface area contributed by atoms with Crippen LogP contribution in [0.3, 0.4) is 0 Å². The maximum atomic E-state index is 10.6. The van der Waals surface area contributed by atoms with Gasteiger partial charge in [0, 0.05) is 12.1 Å². The molecule has 1 atom stereocenters. The van der Waals surface area contributed by atoms with Crippen LogP contribution in [0.5, 0.6) is 5.88 Å². The zero-order chi connectivity index (χ0) is 16.8. The van der Waals surface area contributed by atoms with Gasteiger partial charge in [0.15, 0.2) is 0 Å². The highest BCUT2D eigenvalue weighted by Gasteiger charge is 2.12. The van der Waals surface area contributed by atoms with E-state index in [4.69, 9.17) is 16.3 Å². The van der Waals surface area contributed by atoms with Crippen LogP contribution in [0.15, 0.2) is 24.7 Å². The summed E-state index contributed by atoms with van der Waals surface area (Å²) in [5, 5.41) is 14.2. The number of hydrogen-bond acceptors (Lipinski definition) is 7. The first kappa shape index (κ1) is 16.9. The number of aromatic nitrogens is 3. The van der Waals surface area contributed by atoms with Gasteiger partial charge in [-0.2, -0.15) is 0 Å². The van der Waals surface area contributed by atoms with E-state index in [0.29, 0.717) is 29.7 Å². The van der Waals surface area contributed by atoms with Crippen molar-refractivity contribution in [3.63, 3.8) is 0 Å².